The normalized spacial score (nSPS) is 14.1. The lowest BCUT2D eigenvalue weighted by atomic mass is 9.92. The number of nitrogens with zero attached hydrogens (tertiary/aromatic N) is 2. The highest BCUT2D eigenvalue weighted by atomic mass is 32.1. The molecular weight excluding hydrogens is 444 g/mol. The average Bonchev–Trinajstić information content (AvgIpc) is 2.88. The largest absolute Gasteiger partial charge is 0.508 e. The second-order valence-electron chi connectivity index (χ2n) is 8.76. The van der Waals surface area contributed by atoms with Gasteiger partial charge in [0.2, 0.25) is 5.88 Å². The maximum atomic E-state index is 9.19. The molecule has 2 aliphatic carbocycles. The van der Waals surface area contributed by atoms with Crippen molar-refractivity contribution < 1.29 is 14.6 Å². The van der Waals surface area contributed by atoms with Crippen LogP contribution < -0.4 is 14.4 Å². The van der Waals surface area contributed by atoms with Crippen LogP contribution in [0.3, 0.4) is 0 Å². The maximum absolute atomic E-state index is 9.19. The zero-order valence-electron chi connectivity index (χ0n) is 19.9. The summed E-state index contributed by atoms with van der Waals surface area (Å²) in [6.45, 7) is 0. The number of aryl methyl sites for hydroxylation is 4. The van der Waals surface area contributed by atoms with Crippen LogP contribution >= 0.6 is 12.2 Å². The number of aromatic nitrogens is 1. The summed E-state index contributed by atoms with van der Waals surface area (Å²) in [5.74, 6) is 2.43. The van der Waals surface area contributed by atoms with E-state index in [1.165, 1.54) is 54.4 Å². The van der Waals surface area contributed by atoms with Crippen LogP contribution in [0.15, 0.2) is 54.6 Å². The molecule has 5 rings (SSSR count). The first kappa shape index (κ1) is 24.0. The highest BCUT2D eigenvalue weighted by molar-refractivity contribution is 7.80. The van der Waals surface area contributed by atoms with Crippen molar-refractivity contribution in [1.82, 2.24) is 4.98 Å². The zero-order chi connectivity index (χ0) is 23.9. The second-order valence-corrected chi connectivity index (χ2v) is 9.11. The minimum absolute atomic E-state index is 0.363. The van der Waals surface area contributed by atoms with Gasteiger partial charge in [0.1, 0.15) is 17.3 Å². The molecule has 0 bridgehead atoms. The van der Waals surface area contributed by atoms with E-state index in [1.54, 1.807) is 24.1 Å². The lowest BCUT2D eigenvalue weighted by Gasteiger charge is -2.21. The molecule has 2 aliphatic rings. The Hall–Kier alpha value is -3.12. The molecule has 0 unspecified atom stereocenters. The zero-order valence-corrected chi connectivity index (χ0v) is 20.7. The molecule has 178 valence electrons. The summed E-state index contributed by atoms with van der Waals surface area (Å²) in [4.78, 5) is 6.09. The van der Waals surface area contributed by atoms with Gasteiger partial charge >= 0.3 is 0 Å². The fourth-order valence-corrected chi connectivity index (χ4v) is 4.65. The first-order chi connectivity index (χ1) is 16.5. The summed E-state index contributed by atoms with van der Waals surface area (Å²) in [6, 6.07) is 17.5. The summed E-state index contributed by atoms with van der Waals surface area (Å²) in [5.41, 5.74) is 5.57. The summed E-state index contributed by atoms with van der Waals surface area (Å²) in [7, 11) is 3.43. The van der Waals surface area contributed by atoms with Gasteiger partial charge in [-0.25, -0.2) is 0 Å². The molecule has 1 heterocycles. The highest BCUT2D eigenvalue weighted by Gasteiger charge is 2.14. The van der Waals surface area contributed by atoms with Crippen LogP contribution in [-0.2, 0) is 25.7 Å². The van der Waals surface area contributed by atoms with Crippen molar-refractivity contribution >= 4 is 23.2 Å². The predicted octanol–water partition coefficient (Wildman–Crippen LogP) is 6.04. The van der Waals surface area contributed by atoms with Crippen molar-refractivity contribution in [3.05, 3.63) is 76.9 Å². The fourth-order valence-electron chi connectivity index (χ4n) is 4.46. The lowest BCUT2D eigenvalue weighted by molar-refractivity contribution is 0.398. The number of fused-ring (bicyclic) bond motifs is 2. The van der Waals surface area contributed by atoms with E-state index in [4.69, 9.17) is 21.7 Å². The molecule has 0 fully saturated rings. The number of pyridine rings is 1. The number of phenolic OH excluding ortho intramolecular Hbond substituents is 1. The van der Waals surface area contributed by atoms with Gasteiger partial charge in [0.25, 0.3) is 5.17 Å². The minimum Gasteiger partial charge on any atom is -0.508 e. The molecule has 34 heavy (non-hydrogen) atoms. The quantitative estimate of drug-likeness (QED) is 0.465. The molecule has 0 radical (unpaired) electrons. The monoisotopic (exact) mass is 476 g/mol. The Morgan fingerprint density at radius 1 is 0.853 bits per heavy atom. The van der Waals surface area contributed by atoms with Crippen LogP contribution in [0.1, 0.15) is 47.9 Å². The van der Waals surface area contributed by atoms with Crippen LogP contribution in [-0.4, -0.2) is 29.4 Å². The van der Waals surface area contributed by atoms with Crippen LogP contribution in [0, 0.1) is 0 Å². The lowest BCUT2D eigenvalue weighted by Crippen LogP contribution is -2.30. The van der Waals surface area contributed by atoms with Crippen molar-refractivity contribution in [2.24, 2.45) is 0 Å². The van der Waals surface area contributed by atoms with Crippen molar-refractivity contribution in [3.63, 3.8) is 0 Å². The number of hydrogen-bond donors (Lipinski definition) is 1. The standard InChI is InChI=1S/C18H20N2O2S.C10H12O/c1-20(16-8-5-9-17(19-16)21-2)18(23)22-15-11-10-13-6-3-4-7-14(13)12-15;11-10-6-5-8-3-1-2-4-9(8)7-10/h5,8-12H,3-4,6-7H2,1-2H3;5-7,11H,1-4H2. The van der Waals surface area contributed by atoms with Crippen molar-refractivity contribution in [1.29, 1.82) is 0 Å². The maximum Gasteiger partial charge on any atom is 0.270 e. The molecule has 3 aromatic rings. The van der Waals surface area contributed by atoms with Crippen molar-refractivity contribution in [3.8, 4) is 17.4 Å². The first-order valence-electron chi connectivity index (χ1n) is 11.9. The second kappa shape index (κ2) is 11.3. The topological polar surface area (TPSA) is 54.8 Å². The molecule has 0 aliphatic heterocycles. The molecule has 1 aromatic heterocycles. The highest BCUT2D eigenvalue weighted by Crippen LogP contribution is 2.26. The number of phenols is 1. The van der Waals surface area contributed by atoms with Gasteiger partial charge < -0.3 is 14.6 Å². The summed E-state index contributed by atoms with van der Waals surface area (Å²) < 4.78 is 11.0. The number of thiocarbonyl (C=S) groups is 1. The van der Waals surface area contributed by atoms with Gasteiger partial charge in [-0.15, -0.1) is 0 Å². The van der Waals surface area contributed by atoms with Gasteiger partial charge in [-0.3, -0.25) is 4.90 Å². The third kappa shape index (κ3) is 6.06. The van der Waals surface area contributed by atoms with Crippen LogP contribution in [0.2, 0.25) is 0 Å². The fraction of sp³-hybridized carbons (Fsp3) is 0.357. The first-order valence-corrected chi connectivity index (χ1v) is 12.3. The molecule has 2 aromatic carbocycles. The SMILES string of the molecule is COc1cccc(N(C)C(=S)Oc2ccc3c(c2)CCCC3)n1.Oc1ccc2c(c1)CCCC2. The predicted molar refractivity (Wildman–Crippen MR) is 140 cm³/mol. The Labute approximate surface area is 207 Å². The summed E-state index contributed by atoms with van der Waals surface area (Å²) >= 11 is 5.40. The Bertz CT molecular complexity index is 1150. The molecule has 0 saturated carbocycles. The van der Waals surface area contributed by atoms with E-state index < -0.39 is 0 Å². The van der Waals surface area contributed by atoms with Gasteiger partial charge in [-0.1, -0.05) is 18.2 Å². The van der Waals surface area contributed by atoms with E-state index in [0.29, 0.717) is 22.6 Å². The Balaban J connectivity index is 0.000000207. The van der Waals surface area contributed by atoms with E-state index in [0.717, 1.165) is 25.0 Å². The molecular formula is C28H32N2O3S. The number of aromatic hydroxyl groups is 1. The number of hydrogen-bond acceptors (Lipinski definition) is 5. The van der Waals surface area contributed by atoms with E-state index in [1.807, 2.05) is 37.4 Å². The Morgan fingerprint density at radius 2 is 1.47 bits per heavy atom. The van der Waals surface area contributed by atoms with E-state index >= 15 is 0 Å². The number of methoxy groups -OCH3 is 1. The van der Waals surface area contributed by atoms with Gasteiger partial charge in [0.15, 0.2) is 0 Å². The van der Waals surface area contributed by atoms with Crippen molar-refractivity contribution in [2.45, 2.75) is 51.4 Å². The number of benzene rings is 2. The molecule has 0 saturated heterocycles. The summed E-state index contributed by atoms with van der Waals surface area (Å²) in [6.07, 6.45) is 9.71. The molecule has 0 amide bonds. The van der Waals surface area contributed by atoms with Crippen LogP contribution in [0.5, 0.6) is 17.4 Å². The number of anilines is 1. The van der Waals surface area contributed by atoms with Crippen LogP contribution in [0.25, 0.3) is 0 Å². The number of rotatable bonds is 3. The Kier molecular flexibility index (Phi) is 8.01. The van der Waals surface area contributed by atoms with E-state index in [2.05, 4.69) is 17.1 Å². The van der Waals surface area contributed by atoms with Gasteiger partial charge in [-0.05, 0) is 116 Å². The Morgan fingerprint density at radius 3 is 2.15 bits per heavy atom. The molecule has 5 nitrogen and oxygen atoms in total. The molecule has 0 spiro atoms. The minimum atomic E-state index is 0.363. The average molecular weight is 477 g/mol. The van der Waals surface area contributed by atoms with Gasteiger partial charge in [0.05, 0.1) is 7.11 Å². The molecule has 0 atom stereocenters. The van der Waals surface area contributed by atoms with Gasteiger partial charge in [0, 0.05) is 13.1 Å². The van der Waals surface area contributed by atoms with E-state index in [-0.39, 0.29) is 0 Å². The summed E-state index contributed by atoms with van der Waals surface area (Å²) in [5, 5.41) is 9.55. The molecule has 1 N–H and O–H groups in total. The van der Waals surface area contributed by atoms with Gasteiger partial charge in [-0.2, -0.15) is 4.98 Å². The van der Waals surface area contributed by atoms with Crippen LogP contribution in [0.4, 0.5) is 5.82 Å². The third-order valence-electron chi connectivity index (χ3n) is 6.39. The smallest absolute Gasteiger partial charge is 0.270 e. The molecule has 6 heteroatoms. The van der Waals surface area contributed by atoms with E-state index in [9.17, 15) is 5.11 Å². The third-order valence-corrected chi connectivity index (χ3v) is 6.75. The van der Waals surface area contributed by atoms with Crippen molar-refractivity contribution in [2.75, 3.05) is 19.1 Å². The number of ether oxygens (including phenoxy) is 2.